The van der Waals surface area contributed by atoms with Gasteiger partial charge in [0.05, 0.1) is 22.2 Å². The highest BCUT2D eigenvalue weighted by atomic mass is 32.1. The van der Waals surface area contributed by atoms with Gasteiger partial charge in [0.2, 0.25) is 0 Å². The van der Waals surface area contributed by atoms with Gasteiger partial charge in [0.1, 0.15) is 6.07 Å². The predicted octanol–water partition coefficient (Wildman–Crippen LogP) is 4.48. The second kappa shape index (κ2) is 6.86. The van der Waals surface area contributed by atoms with Gasteiger partial charge in [0, 0.05) is 17.0 Å². The van der Waals surface area contributed by atoms with Crippen molar-refractivity contribution in [1.82, 2.24) is 0 Å². The van der Waals surface area contributed by atoms with Crippen molar-refractivity contribution in [2.75, 3.05) is 5.32 Å². The monoisotopic (exact) mass is 301 g/mol. The summed E-state index contributed by atoms with van der Waals surface area (Å²) in [4.78, 5) is 11.5. The molecule has 2 aromatic rings. The zero-order chi connectivity index (χ0) is 15.2. The molecular weight excluding hydrogens is 286 g/mol. The van der Waals surface area contributed by atoms with Gasteiger partial charge in [-0.15, -0.1) is 11.3 Å². The third-order valence-electron chi connectivity index (χ3n) is 3.13. The SMILES string of the molecule is CCCC(Nc1ccc([N+](=O)[O-])cc1C#N)c1cccs1. The average Bonchev–Trinajstić information content (AvgIpc) is 3.01. The van der Waals surface area contributed by atoms with E-state index in [0.29, 0.717) is 11.3 Å². The number of hydrogen-bond acceptors (Lipinski definition) is 5. The summed E-state index contributed by atoms with van der Waals surface area (Å²) in [5.74, 6) is 0. The lowest BCUT2D eigenvalue weighted by Gasteiger charge is -2.18. The Balaban J connectivity index is 2.29. The molecule has 2 rings (SSSR count). The van der Waals surface area contributed by atoms with Crippen LogP contribution in [0.2, 0.25) is 0 Å². The van der Waals surface area contributed by atoms with Crippen molar-refractivity contribution in [2.45, 2.75) is 25.8 Å². The quantitative estimate of drug-likeness (QED) is 0.630. The zero-order valence-electron chi connectivity index (χ0n) is 11.6. The number of rotatable bonds is 6. The van der Waals surface area contributed by atoms with Crippen LogP contribution in [0.5, 0.6) is 0 Å². The molecule has 0 aliphatic heterocycles. The molecule has 1 unspecified atom stereocenters. The maximum Gasteiger partial charge on any atom is 0.270 e. The smallest absolute Gasteiger partial charge is 0.270 e. The van der Waals surface area contributed by atoms with Crippen LogP contribution in [0.1, 0.15) is 36.2 Å². The van der Waals surface area contributed by atoms with Crippen LogP contribution < -0.4 is 5.32 Å². The van der Waals surface area contributed by atoms with Crippen LogP contribution in [0.3, 0.4) is 0 Å². The van der Waals surface area contributed by atoms with Crippen LogP contribution in [-0.4, -0.2) is 4.92 Å². The van der Waals surface area contributed by atoms with Crippen molar-refractivity contribution >= 4 is 22.7 Å². The van der Waals surface area contributed by atoms with E-state index in [-0.39, 0.29) is 11.7 Å². The fourth-order valence-corrected chi connectivity index (χ4v) is 2.93. The molecular formula is C15H15N3O2S. The highest BCUT2D eigenvalue weighted by Crippen LogP contribution is 2.30. The van der Waals surface area contributed by atoms with E-state index in [9.17, 15) is 15.4 Å². The highest BCUT2D eigenvalue weighted by Gasteiger charge is 2.16. The summed E-state index contributed by atoms with van der Waals surface area (Å²) in [6.07, 6.45) is 1.94. The van der Waals surface area contributed by atoms with Gasteiger partial charge >= 0.3 is 0 Å². The van der Waals surface area contributed by atoms with Gasteiger partial charge in [-0.2, -0.15) is 5.26 Å². The number of nitriles is 1. The Bertz CT molecular complexity index is 662. The molecule has 5 nitrogen and oxygen atoms in total. The first-order valence-electron chi connectivity index (χ1n) is 6.64. The Morgan fingerprint density at radius 1 is 1.48 bits per heavy atom. The molecule has 1 heterocycles. The Morgan fingerprint density at radius 2 is 2.29 bits per heavy atom. The molecule has 0 fully saturated rings. The summed E-state index contributed by atoms with van der Waals surface area (Å²) in [5, 5.41) is 25.3. The predicted molar refractivity (Wildman–Crippen MR) is 83.4 cm³/mol. The Labute approximate surface area is 127 Å². The molecule has 0 bridgehead atoms. The van der Waals surface area contributed by atoms with Crippen LogP contribution in [0.4, 0.5) is 11.4 Å². The lowest BCUT2D eigenvalue weighted by atomic mass is 10.1. The van der Waals surface area contributed by atoms with E-state index >= 15 is 0 Å². The van der Waals surface area contributed by atoms with Crippen LogP contribution in [0.25, 0.3) is 0 Å². The van der Waals surface area contributed by atoms with Crippen molar-refractivity contribution in [1.29, 1.82) is 5.26 Å². The van der Waals surface area contributed by atoms with E-state index in [2.05, 4.69) is 18.3 Å². The van der Waals surface area contributed by atoms with E-state index in [1.54, 1.807) is 17.4 Å². The highest BCUT2D eigenvalue weighted by molar-refractivity contribution is 7.10. The molecule has 0 radical (unpaired) electrons. The number of non-ortho nitro benzene ring substituents is 1. The Morgan fingerprint density at radius 3 is 2.86 bits per heavy atom. The Hall–Kier alpha value is -2.39. The van der Waals surface area contributed by atoms with E-state index in [1.807, 2.05) is 17.5 Å². The molecule has 0 spiro atoms. The minimum absolute atomic E-state index is 0.0692. The van der Waals surface area contributed by atoms with Gasteiger partial charge in [-0.25, -0.2) is 0 Å². The summed E-state index contributed by atoms with van der Waals surface area (Å²) in [6.45, 7) is 2.10. The number of nitro benzene ring substituents is 1. The van der Waals surface area contributed by atoms with Gasteiger partial charge in [-0.1, -0.05) is 19.4 Å². The second-order valence-electron chi connectivity index (χ2n) is 4.60. The second-order valence-corrected chi connectivity index (χ2v) is 5.58. The number of nitro groups is 1. The number of nitrogens with zero attached hydrogens (tertiary/aromatic N) is 2. The van der Waals surface area contributed by atoms with Gasteiger partial charge in [-0.05, 0) is 23.9 Å². The molecule has 1 atom stereocenters. The molecule has 21 heavy (non-hydrogen) atoms. The molecule has 1 aromatic heterocycles. The van der Waals surface area contributed by atoms with Gasteiger partial charge in [-0.3, -0.25) is 10.1 Å². The topological polar surface area (TPSA) is 79.0 Å². The minimum atomic E-state index is -0.493. The molecule has 6 heteroatoms. The number of hydrogen-bond donors (Lipinski definition) is 1. The third kappa shape index (κ3) is 3.58. The van der Waals surface area contributed by atoms with Crippen molar-refractivity contribution in [3.63, 3.8) is 0 Å². The van der Waals surface area contributed by atoms with E-state index < -0.39 is 4.92 Å². The van der Waals surface area contributed by atoms with Crippen LogP contribution in [0, 0.1) is 21.4 Å². The number of anilines is 1. The summed E-state index contributed by atoms with van der Waals surface area (Å²) < 4.78 is 0. The van der Waals surface area contributed by atoms with Crippen LogP contribution in [-0.2, 0) is 0 Å². The molecule has 1 N–H and O–H groups in total. The van der Waals surface area contributed by atoms with Gasteiger partial charge in [0.15, 0.2) is 0 Å². The Kier molecular flexibility index (Phi) is 4.90. The standard InChI is InChI=1S/C15H15N3O2S/c1-2-4-14(15-5-3-8-21-15)17-13-7-6-12(18(19)20)9-11(13)10-16/h3,5-9,14,17H,2,4H2,1H3. The van der Waals surface area contributed by atoms with Gasteiger partial charge in [0.25, 0.3) is 5.69 Å². The fraction of sp³-hybridized carbons (Fsp3) is 0.267. The summed E-state index contributed by atoms with van der Waals surface area (Å²) in [5.41, 5.74) is 0.858. The summed E-state index contributed by atoms with van der Waals surface area (Å²) >= 11 is 1.66. The van der Waals surface area contributed by atoms with Crippen molar-refractivity contribution in [2.24, 2.45) is 0 Å². The first-order chi connectivity index (χ1) is 10.2. The maximum atomic E-state index is 10.8. The van der Waals surface area contributed by atoms with Crippen molar-refractivity contribution in [3.8, 4) is 6.07 Å². The average molecular weight is 301 g/mol. The number of thiophene rings is 1. The zero-order valence-corrected chi connectivity index (χ0v) is 12.4. The van der Waals surface area contributed by atoms with Crippen molar-refractivity contribution in [3.05, 3.63) is 56.3 Å². The first-order valence-corrected chi connectivity index (χ1v) is 7.52. The largest absolute Gasteiger partial charge is 0.376 e. The number of nitrogens with one attached hydrogen (secondary N) is 1. The maximum absolute atomic E-state index is 10.8. The van der Waals surface area contributed by atoms with E-state index in [4.69, 9.17) is 0 Å². The normalized spacial score (nSPS) is 11.6. The molecule has 0 amide bonds. The third-order valence-corrected chi connectivity index (χ3v) is 4.11. The van der Waals surface area contributed by atoms with Crippen LogP contribution in [0.15, 0.2) is 35.7 Å². The van der Waals surface area contributed by atoms with Gasteiger partial charge < -0.3 is 5.32 Å². The molecule has 0 aliphatic rings. The number of benzene rings is 1. The molecule has 0 aliphatic carbocycles. The fourth-order valence-electron chi connectivity index (χ4n) is 2.12. The lowest BCUT2D eigenvalue weighted by Crippen LogP contribution is -2.10. The first kappa shape index (κ1) is 15.0. The lowest BCUT2D eigenvalue weighted by molar-refractivity contribution is -0.384. The molecule has 0 saturated carbocycles. The van der Waals surface area contributed by atoms with E-state index in [1.165, 1.54) is 17.0 Å². The minimum Gasteiger partial charge on any atom is -0.376 e. The van der Waals surface area contributed by atoms with Crippen molar-refractivity contribution < 1.29 is 4.92 Å². The molecule has 1 aromatic carbocycles. The summed E-state index contributed by atoms with van der Waals surface area (Å²) in [7, 11) is 0. The van der Waals surface area contributed by atoms with E-state index in [0.717, 1.165) is 12.8 Å². The summed E-state index contributed by atoms with van der Waals surface area (Å²) in [6, 6.07) is 10.5. The molecule has 108 valence electrons. The molecule has 0 saturated heterocycles. The van der Waals surface area contributed by atoms with Crippen LogP contribution >= 0.6 is 11.3 Å².